The molecule has 0 radical (unpaired) electrons. The number of hydrogen-bond acceptors (Lipinski definition) is 4. The largest absolute Gasteiger partial charge is 0.460 e. The Morgan fingerprint density at radius 3 is 3.00 bits per heavy atom. The molecule has 1 aromatic carbocycles. The fourth-order valence-corrected chi connectivity index (χ4v) is 1.57. The molecule has 0 amide bonds. The van der Waals surface area contributed by atoms with E-state index in [1.54, 1.807) is 25.4 Å². The maximum atomic E-state index is 11.4. The van der Waals surface area contributed by atoms with Crippen molar-refractivity contribution < 1.29 is 14.3 Å². The molecule has 0 N–H and O–H groups in total. The summed E-state index contributed by atoms with van der Waals surface area (Å²) >= 11 is 0. The minimum Gasteiger partial charge on any atom is -0.460 e. The van der Waals surface area contributed by atoms with Crippen molar-refractivity contribution in [2.24, 2.45) is 0 Å². The SMILES string of the molecule is C=C(Oc1cccc2cnccc12)C(=O)OCC. The van der Waals surface area contributed by atoms with E-state index in [0.717, 1.165) is 10.8 Å². The van der Waals surface area contributed by atoms with Crippen molar-refractivity contribution in [3.8, 4) is 5.75 Å². The van der Waals surface area contributed by atoms with Crippen molar-refractivity contribution in [1.29, 1.82) is 0 Å². The van der Waals surface area contributed by atoms with E-state index in [9.17, 15) is 4.79 Å². The molecule has 0 fully saturated rings. The van der Waals surface area contributed by atoms with Gasteiger partial charge in [-0.15, -0.1) is 0 Å². The van der Waals surface area contributed by atoms with Crippen molar-refractivity contribution in [2.45, 2.75) is 6.92 Å². The first-order valence-corrected chi connectivity index (χ1v) is 5.59. The van der Waals surface area contributed by atoms with Gasteiger partial charge in [0.2, 0.25) is 5.76 Å². The Bertz CT molecular complexity index is 587. The molecule has 0 bridgehead atoms. The van der Waals surface area contributed by atoms with Crippen molar-refractivity contribution >= 4 is 16.7 Å². The smallest absolute Gasteiger partial charge is 0.373 e. The van der Waals surface area contributed by atoms with Crippen LogP contribution in [0.5, 0.6) is 5.75 Å². The molecule has 0 saturated heterocycles. The summed E-state index contributed by atoms with van der Waals surface area (Å²) < 4.78 is 10.3. The minimum absolute atomic E-state index is 0.0267. The predicted octanol–water partition coefficient (Wildman–Crippen LogP) is 2.69. The van der Waals surface area contributed by atoms with Crippen LogP contribution in [0.25, 0.3) is 10.8 Å². The quantitative estimate of drug-likeness (QED) is 0.470. The molecule has 1 heterocycles. The zero-order chi connectivity index (χ0) is 13.0. The van der Waals surface area contributed by atoms with Crippen LogP contribution in [-0.2, 0) is 9.53 Å². The lowest BCUT2D eigenvalue weighted by Gasteiger charge is -2.09. The van der Waals surface area contributed by atoms with Crippen LogP contribution in [0, 0.1) is 0 Å². The van der Waals surface area contributed by atoms with Crippen LogP contribution in [0.2, 0.25) is 0 Å². The molecular weight excluding hydrogens is 230 g/mol. The first-order chi connectivity index (χ1) is 8.72. The number of carbonyl (C=O) groups excluding carboxylic acids is 1. The molecule has 92 valence electrons. The molecule has 2 rings (SSSR count). The van der Waals surface area contributed by atoms with E-state index in [4.69, 9.17) is 9.47 Å². The Kier molecular flexibility index (Phi) is 3.57. The van der Waals surface area contributed by atoms with Crippen LogP contribution in [0.15, 0.2) is 49.0 Å². The number of carbonyl (C=O) groups is 1. The molecule has 0 aliphatic carbocycles. The Labute approximate surface area is 105 Å². The molecule has 0 saturated carbocycles. The van der Waals surface area contributed by atoms with Crippen LogP contribution in [0.3, 0.4) is 0 Å². The van der Waals surface area contributed by atoms with Crippen LogP contribution >= 0.6 is 0 Å². The summed E-state index contributed by atoms with van der Waals surface area (Å²) in [5.74, 6) is -0.0160. The Morgan fingerprint density at radius 2 is 2.22 bits per heavy atom. The second kappa shape index (κ2) is 5.31. The first kappa shape index (κ1) is 12.1. The van der Waals surface area contributed by atoms with Crippen LogP contribution in [-0.4, -0.2) is 17.6 Å². The number of pyridine rings is 1. The molecule has 0 atom stereocenters. The standard InChI is InChI=1S/C14H13NO3/c1-3-17-14(16)10(2)18-13-6-4-5-11-9-15-8-7-12(11)13/h4-9H,2-3H2,1H3. The highest BCUT2D eigenvalue weighted by Crippen LogP contribution is 2.25. The summed E-state index contributed by atoms with van der Waals surface area (Å²) in [5.41, 5.74) is 0. The van der Waals surface area contributed by atoms with Gasteiger partial charge in [-0.25, -0.2) is 4.79 Å². The fraction of sp³-hybridized carbons (Fsp3) is 0.143. The van der Waals surface area contributed by atoms with Gasteiger partial charge in [-0.05, 0) is 25.6 Å². The van der Waals surface area contributed by atoms with Gasteiger partial charge in [-0.2, -0.15) is 0 Å². The summed E-state index contributed by atoms with van der Waals surface area (Å²) in [7, 11) is 0. The number of fused-ring (bicyclic) bond motifs is 1. The lowest BCUT2D eigenvalue weighted by molar-refractivity contribution is -0.140. The number of hydrogen-bond donors (Lipinski definition) is 0. The summed E-state index contributed by atoms with van der Waals surface area (Å²) in [5, 5.41) is 1.81. The van der Waals surface area contributed by atoms with E-state index in [0.29, 0.717) is 12.4 Å². The highest BCUT2D eigenvalue weighted by Gasteiger charge is 2.11. The lowest BCUT2D eigenvalue weighted by atomic mass is 10.1. The van der Waals surface area contributed by atoms with Gasteiger partial charge in [0.05, 0.1) is 6.61 Å². The number of rotatable bonds is 4. The summed E-state index contributed by atoms with van der Waals surface area (Å²) in [6.07, 6.45) is 3.40. The maximum absolute atomic E-state index is 11.4. The molecule has 2 aromatic rings. The zero-order valence-electron chi connectivity index (χ0n) is 10.1. The Hall–Kier alpha value is -2.36. The Morgan fingerprint density at radius 1 is 1.39 bits per heavy atom. The minimum atomic E-state index is -0.552. The molecular formula is C14H13NO3. The van der Waals surface area contributed by atoms with Gasteiger partial charge in [0, 0.05) is 23.2 Å². The van der Waals surface area contributed by atoms with Gasteiger partial charge in [0.15, 0.2) is 0 Å². The Balaban J connectivity index is 2.27. The third-order valence-electron chi connectivity index (χ3n) is 2.38. The monoisotopic (exact) mass is 243 g/mol. The molecule has 4 nitrogen and oxygen atoms in total. The first-order valence-electron chi connectivity index (χ1n) is 5.59. The number of esters is 1. The van der Waals surface area contributed by atoms with Crippen molar-refractivity contribution in [2.75, 3.05) is 6.61 Å². The van der Waals surface area contributed by atoms with E-state index in [-0.39, 0.29) is 5.76 Å². The highest BCUT2D eigenvalue weighted by molar-refractivity contribution is 5.90. The molecule has 18 heavy (non-hydrogen) atoms. The van der Waals surface area contributed by atoms with Gasteiger partial charge in [0.25, 0.3) is 0 Å². The van der Waals surface area contributed by atoms with Gasteiger partial charge in [-0.1, -0.05) is 12.1 Å². The number of aromatic nitrogens is 1. The average Bonchev–Trinajstić information content (AvgIpc) is 2.39. The fourth-order valence-electron chi connectivity index (χ4n) is 1.57. The van der Waals surface area contributed by atoms with Crippen LogP contribution in [0.1, 0.15) is 6.92 Å². The van der Waals surface area contributed by atoms with Crippen LogP contribution < -0.4 is 4.74 Å². The van der Waals surface area contributed by atoms with E-state index >= 15 is 0 Å². The second-order valence-electron chi connectivity index (χ2n) is 3.60. The number of benzene rings is 1. The molecule has 0 aliphatic heterocycles. The van der Waals surface area contributed by atoms with Crippen LogP contribution in [0.4, 0.5) is 0 Å². The molecule has 0 aliphatic rings. The van der Waals surface area contributed by atoms with Crippen molar-refractivity contribution in [1.82, 2.24) is 4.98 Å². The van der Waals surface area contributed by atoms with E-state index < -0.39 is 5.97 Å². The van der Waals surface area contributed by atoms with Gasteiger partial charge >= 0.3 is 5.97 Å². The molecule has 0 spiro atoms. The van der Waals surface area contributed by atoms with Gasteiger partial charge < -0.3 is 9.47 Å². The topological polar surface area (TPSA) is 48.4 Å². The van der Waals surface area contributed by atoms with Crippen molar-refractivity contribution in [3.63, 3.8) is 0 Å². The molecule has 0 unspecified atom stereocenters. The third-order valence-corrected chi connectivity index (χ3v) is 2.38. The molecule has 4 heteroatoms. The van der Waals surface area contributed by atoms with Gasteiger partial charge in [-0.3, -0.25) is 4.98 Å². The maximum Gasteiger partial charge on any atom is 0.373 e. The normalized spacial score (nSPS) is 10.1. The zero-order valence-corrected chi connectivity index (χ0v) is 10.1. The van der Waals surface area contributed by atoms with Crippen molar-refractivity contribution in [3.05, 3.63) is 49.0 Å². The average molecular weight is 243 g/mol. The number of ether oxygens (including phenoxy) is 2. The summed E-state index contributed by atoms with van der Waals surface area (Å²) in [6.45, 7) is 5.59. The van der Waals surface area contributed by atoms with E-state index in [1.807, 2.05) is 18.2 Å². The lowest BCUT2D eigenvalue weighted by Crippen LogP contribution is -2.11. The molecule has 1 aromatic heterocycles. The second-order valence-corrected chi connectivity index (χ2v) is 3.60. The summed E-state index contributed by atoms with van der Waals surface area (Å²) in [4.78, 5) is 15.5. The highest BCUT2D eigenvalue weighted by atomic mass is 16.6. The van der Waals surface area contributed by atoms with E-state index in [2.05, 4.69) is 11.6 Å². The van der Waals surface area contributed by atoms with E-state index in [1.165, 1.54) is 0 Å². The predicted molar refractivity (Wildman–Crippen MR) is 68.1 cm³/mol. The summed E-state index contributed by atoms with van der Waals surface area (Å²) in [6, 6.07) is 7.34. The number of nitrogens with zero attached hydrogens (tertiary/aromatic N) is 1. The third kappa shape index (κ3) is 2.48. The van der Waals surface area contributed by atoms with Gasteiger partial charge in [0.1, 0.15) is 5.75 Å².